The number of nitrogens with zero attached hydrogens (tertiary/aromatic N) is 2. The van der Waals surface area contributed by atoms with Crippen molar-refractivity contribution in [2.24, 2.45) is 0 Å². The third-order valence-electron chi connectivity index (χ3n) is 3.61. The first-order valence-corrected chi connectivity index (χ1v) is 8.17. The number of aryl methyl sites for hydroxylation is 1. The number of aromatic nitrogens is 1. The Balaban J connectivity index is 2.06. The predicted molar refractivity (Wildman–Crippen MR) is 89.9 cm³/mol. The average Bonchev–Trinajstić information content (AvgIpc) is 3.09. The van der Waals surface area contributed by atoms with Gasteiger partial charge in [-0.1, -0.05) is 11.3 Å². The molecule has 0 N–H and O–H groups in total. The van der Waals surface area contributed by atoms with Crippen molar-refractivity contribution in [2.45, 2.75) is 33.7 Å². The third-order valence-corrected chi connectivity index (χ3v) is 4.63. The highest BCUT2D eigenvalue weighted by molar-refractivity contribution is 7.17. The van der Waals surface area contributed by atoms with Crippen molar-refractivity contribution >= 4 is 28.1 Å². The number of ether oxygens (including phenoxy) is 1. The number of rotatable bonds is 6. The van der Waals surface area contributed by atoms with E-state index in [2.05, 4.69) is 0 Å². The van der Waals surface area contributed by atoms with Crippen LogP contribution in [0.5, 0.6) is 0 Å². The Bertz CT molecular complexity index is 803. The molecule has 7 nitrogen and oxygen atoms in total. The number of hydrogen-bond acceptors (Lipinski definition) is 6. The summed E-state index contributed by atoms with van der Waals surface area (Å²) in [5, 5.41) is 10.5. The molecule has 0 fully saturated rings. The Morgan fingerprint density at radius 2 is 2.00 bits per heavy atom. The minimum absolute atomic E-state index is 0.0992. The lowest BCUT2D eigenvalue weighted by atomic mass is 10.1. The van der Waals surface area contributed by atoms with Crippen molar-refractivity contribution in [1.82, 2.24) is 4.57 Å². The predicted octanol–water partition coefficient (Wildman–Crippen LogP) is 3.70. The molecule has 0 aromatic carbocycles. The first-order chi connectivity index (χ1) is 11.2. The molecule has 0 saturated carbocycles. The molecule has 0 saturated heterocycles. The number of ketones is 1. The highest BCUT2D eigenvalue weighted by atomic mass is 32.1. The van der Waals surface area contributed by atoms with Crippen molar-refractivity contribution in [3.8, 4) is 0 Å². The van der Waals surface area contributed by atoms with Crippen LogP contribution in [0.4, 0.5) is 5.00 Å². The normalized spacial score (nSPS) is 10.9. The summed E-state index contributed by atoms with van der Waals surface area (Å²) in [6, 6.07) is 4.56. The van der Waals surface area contributed by atoms with Crippen LogP contribution in [0.15, 0.2) is 18.2 Å². The Hall–Kier alpha value is -2.48. The number of carbonyl (C=O) groups excluding carboxylic acids is 2. The molecule has 0 aliphatic heterocycles. The third kappa shape index (κ3) is 3.53. The van der Waals surface area contributed by atoms with Crippen molar-refractivity contribution in [2.75, 3.05) is 6.61 Å². The summed E-state index contributed by atoms with van der Waals surface area (Å²) in [5.41, 5.74) is 2.31. The summed E-state index contributed by atoms with van der Waals surface area (Å²) < 4.78 is 7.03. The fourth-order valence-corrected chi connectivity index (χ4v) is 3.38. The molecular weight excluding hydrogens is 332 g/mol. The number of nitro groups is 1. The molecule has 2 aromatic heterocycles. The van der Waals surface area contributed by atoms with Crippen LogP contribution < -0.4 is 0 Å². The van der Waals surface area contributed by atoms with Gasteiger partial charge in [-0.3, -0.25) is 14.9 Å². The molecule has 0 radical (unpaired) electrons. The zero-order valence-corrected chi connectivity index (χ0v) is 14.7. The van der Waals surface area contributed by atoms with Gasteiger partial charge in [0.25, 0.3) is 0 Å². The molecule has 8 heteroatoms. The fraction of sp³-hybridized carbons (Fsp3) is 0.375. The van der Waals surface area contributed by atoms with E-state index in [4.69, 9.17) is 4.74 Å². The summed E-state index contributed by atoms with van der Waals surface area (Å²) in [6.07, 6.45) is 0. The molecule has 0 spiro atoms. The van der Waals surface area contributed by atoms with Gasteiger partial charge >= 0.3 is 11.0 Å². The second kappa shape index (κ2) is 6.96. The van der Waals surface area contributed by atoms with Gasteiger partial charge in [-0.25, -0.2) is 4.79 Å². The first-order valence-electron chi connectivity index (χ1n) is 7.35. The van der Waals surface area contributed by atoms with Crippen LogP contribution in [0.1, 0.15) is 51.3 Å². The molecule has 24 heavy (non-hydrogen) atoms. The van der Waals surface area contributed by atoms with Crippen molar-refractivity contribution in [3.05, 3.63) is 50.1 Å². The van der Waals surface area contributed by atoms with Crippen molar-refractivity contribution < 1.29 is 19.2 Å². The molecular formula is C16H18N2O5S. The van der Waals surface area contributed by atoms with Gasteiger partial charge < -0.3 is 9.30 Å². The maximum atomic E-state index is 12.3. The quantitative estimate of drug-likeness (QED) is 0.343. The van der Waals surface area contributed by atoms with Crippen LogP contribution >= 0.6 is 11.3 Å². The van der Waals surface area contributed by atoms with Crippen LogP contribution in [0.2, 0.25) is 0 Å². The molecule has 0 unspecified atom stereocenters. The largest absolute Gasteiger partial charge is 0.453 e. The van der Waals surface area contributed by atoms with Gasteiger partial charge in [-0.15, -0.1) is 0 Å². The molecule has 0 aliphatic carbocycles. The number of esters is 1. The van der Waals surface area contributed by atoms with Crippen LogP contribution in [-0.4, -0.2) is 27.8 Å². The molecule has 0 amide bonds. The standard InChI is InChI=1S/C16H18N2O5S/c1-9(2)17-10(3)7-12(11(17)4)13(19)8-23-16(20)14-5-6-15(24-14)18(21)22/h5-7,9H,8H2,1-4H3. The second-order valence-corrected chi connectivity index (χ2v) is 6.71. The maximum absolute atomic E-state index is 12.3. The Morgan fingerprint density at radius 3 is 2.50 bits per heavy atom. The van der Waals surface area contributed by atoms with Gasteiger partial charge in [0.05, 0.1) is 4.92 Å². The van der Waals surface area contributed by atoms with Gasteiger partial charge in [0, 0.05) is 29.1 Å². The molecule has 2 aromatic rings. The maximum Gasteiger partial charge on any atom is 0.349 e. The zero-order chi connectivity index (χ0) is 18.0. The number of Topliss-reactive ketones (excluding diaryl/α,β-unsaturated/α-hetero) is 1. The lowest BCUT2D eigenvalue weighted by Gasteiger charge is -2.13. The summed E-state index contributed by atoms with van der Waals surface area (Å²) in [5.74, 6) is -1.03. The number of hydrogen-bond donors (Lipinski definition) is 0. The van der Waals surface area contributed by atoms with E-state index in [9.17, 15) is 19.7 Å². The van der Waals surface area contributed by atoms with Gasteiger partial charge in [-0.2, -0.15) is 0 Å². The lowest BCUT2D eigenvalue weighted by molar-refractivity contribution is -0.380. The van der Waals surface area contributed by atoms with Crippen molar-refractivity contribution in [3.63, 3.8) is 0 Å². The topological polar surface area (TPSA) is 91.4 Å². The lowest BCUT2D eigenvalue weighted by Crippen LogP contribution is -2.14. The SMILES string of the molecule is Cc1cc(C(=O)COC(=O)c2ccc([N+](=O)[O-])s2)c(C)n1C(C)C. The molecule has 0 atom stereocenters. The molecule has 2 rings (SSSR count). The number of carbonyl (C=O) groups is 2. The first kappa shape index (κ1) is 17.9. The monoisotopic (exact) mass is 350 g/mol. The average molecular weight is 350 g/mol. The van der Waals surface area contributed by atoms with E-state index in [1.165, 1.54) is 12.1 Å². The highest BCUT2D eigenvalue weighted by Crippen LogP contribution is 2.25. The van der Waals surface area contributed by atoms with E-state index in [1.54, 1.807) is 6.07 Å². The summed E-state index contributed by atoms with van der Waals surface area (Å²) in [7, 11) is 0. The zero-order valence-electron chi connectivity index (χ0n) is 13.9. The Labute approximate surface area is 143 Å². The number of thiophene rings is 1. The minimum atomic E-state index is -0.737. The Morgan fingerprint density at radius 1 is 1.33 bits per heavy atom. The van der Waals surface area contributed by atoms with Gasteiger partial charge in [-0.05, 0) is 39.8 Å². The second-order valence-electron chi connectivity index (χ2n) is 5.64. The molecule has 128 valence electrons. The van der Waals surface area contributed by atoms with Gasteiger partial charge in [0.2, 0.25) is 5.78 Å². The van der Waals surface area contributed by atoms with E-state index in [1.807, 2.05) is 32.3 Å². The van der Waals surface area contributed by atoms with Gasteiger partial charge in [0.1, 0.15) is 4.88 Å². The van der Waals surface area contributed by atoms with Crippen LogP contribution in [-0.2, 0) is 4.74 Å². The van der Waals surface area contributed by atoms with Gasteiger partial charge in [0.15, 0.2) is 6.61 Å². The van der Waals surface area contributed by atoms with E-state index in [-0.39, 0.29) is 21.7 Å². The summed E-state index contributed by atoms with van der Waals surface area (Å²) in [4.78, 5) is 34.3. The summed E-state index contributed by atoms with van der Waals surface area (Å²) >= 11 is 0.721. The fourth-order valence-electron chi connectivity index (χ4n) is 2.67. The van der Waals surface area contributed by atoms with Crippen LogP contribution in [0, 0.1) is 24.0 Å². The highest BCUT2D eigenvalue weighted by Gasteiger charge is 2.20. The smallest absolute Gasteiger partial charge is 0.349 e. The van der Waals surface area contributed by atoms with Crippen LogP contribution in [0.3, 0.4) is 0 Å². The van der Waals surface area contributed by atoms with E-state index in [0.29, 0.717) is 5.56 Å². The Kier molecular flexibility index (Phi) is 5.18. The van der Waals surface area contributed by atoms with E-state index in [0.717, 1.165) is 22.7 Å². The van der Waals surface area contributed by atoms with E-state index < -0.39 is 17.5 Å². The molecule has 0 bridgehead atoms. The minimum Gasteiger partial charge on any atom is -0.453 e. The van der Waals surface area contributed by atoms with E-state index >= 15 is 0 Å². The summed E-state index contributed by atoms with van der Waals surface area (Å²) in [6.45, 7) is 7.42. The molecule has 2 heterocycles. The van der Waals surface area contributed by atoms with Crippen LogP contribution in [0.25, 0.3) is 0 Å². The van der Waals surface area contributed by atoms with Crippen molar-refractivity contribution in [1.29, 1.82) is 0 Å². The molecule has 0 aliphatic rings.